The van der Waals surface area contributed by atoms with E-state index in [0.717, 1.165) is 0 Å². The number of ether oxygens (including phenoxy) is 1. The molecule has 0 bridgehead atoms. The van der Waals surface area contributed by atoms with Crippen LogP contribution in [0.3, 0.4) is 0 Å². The maximum atomic E-state index is 12.5. The molecule has 2 aromatic rings. The molecule has 1 atom stereocenters. The second-order valence-corrected chi connectivity index (χ2v) is 7.33. The van der Waals surface area contributed by atoms with E-state index in [4.69, 9.17) is 9.15 Å². The fraction of sp³-hybridized carbons (Fsp3) is 0.312. The second kappa shape index (κ2) is 6.29. The van der Waals surface area contributed by atoms with Crippen LogP contribution in [0.25, 0.3) is 0 Å². The third kappa shape index (κ3) is 3.29. The largest absolute Gasteiger partial charge is 0.479 e. The molecule has 8 heteroatoms. The number of rotatable bonds is 5. The summed E-state index contributed by atoms with van der Waals surface area (Å²) in [7, 11) is -3.69. The zero-order valence-corrected chi connectivity index (χ0v) is 14.1. The van der Waals surface area contributed by atoms with Gasteiger partial charge in [0.1, 0.15) is 11.5 Å². The lowest BCUT2D eigenvalue weighted by Gasteiger charge is -2.24. The Kier molecular flexibility index (Phi) is 4.33. The predicted octanol–water partition coefficient (Wildman–Crippen LogP) is 1.83. The van der Waals surface area contributed by atoms with E-state index in [9.17, 15) is 13.2 Å². The molecular weight excluding hydrogens is 332 g/mol. The predicted molar refractivity (Wildman–Crippen MR) is 87.5 cm³/mol. The van der Waals surface area contributed by atoms with Gasteiger partial charge in [-0.15, -0.1) is 0 Å². The van der Waals surface area contributed by atoms with Gasteiger partial charge in [0.2, 0.25) is 10.0 Å². The van der Waals surface area contributed by atoms with Crippen LogP contribution in [-0.4, -0.2) is 27.0 Å². The maximum Gasteiger partial charge on any atom is 0.265 e. The molecule has 2 N–H and O–H groups in total. The number of benzene rings is 1. The number of anilines is 1. The Balaban J connectivity index is 1.80. The Morgan fingerprint density at radius 2 is 2.12 bits per heavy atom. The number of hydrogen-bond acceptors (Lipinski definition) is 5. The van der Waals surface area contributed by atoms with E-state index in [1.807, 2.05) is 0 Å². The average molecular weight is 350 g/mol. The zero-order valence-electron chi connectivity index (χ0n) is 13.3. The van der Waals surface area contributed by atoms with Crippen molar-refractivity contribution < 1.29 is 22.4 Å². The summed E-state index contributed by atoms with van der Waals surface area (Å²) in [5, 5.41) is 2.70. The smallest absolute Gasteiger partial charge is 0.265 e. The van der Waals surface area contributed by atoms with E-state index < -0.39 is 16.1 Å². The Labute approximate surface area is 140 Å². The molecule has 0 saturated heterocycles. The van der Waals surface area contributed by atoms with Crippen LogP contribution in [0.15, 0.2) is 39.8 Å². The monoisotopic (exact) mass is 350 g/mol. The van der Waals surface area contributed by atoms with Gasteiger partial charge in [0.15, 0.2) is 6.10 Å². The van der Waals surface area contributed by atoms with Gasteiger partial charge in [-0.2, -0.15) is 0 Å². The Hall–Kier alpha value is -2.32. The summed E-state index contributed by atoms with van der Waals surface area (Å²) in [6.45, 7) is 3.50. The summed E-state index contributed by atoms with van der Waals surface area (Å²) >= 11 is 0. The maximum absolute atomic E-state index is 12.5. The number of carbonyl (C=O) groups is 1. The molecule has 0 aliphatic carbocycles. The first-order valence-corrected chi connectivity index (χ1v) is 8.99. The van der Waals surface area contributed by atoms with Crippen LogP contribution < -0.4 is 14.8 Å². The highest BCUT2D eigenvalue weighted by molar-refractivity contribution is 7.89. The summed E-state index contributed by atoms with van der Waals surface area (Å²) in [5.74, 6) is 0.799. The number of aryl methyl sites for hydroxylation is 1. The molecule has 1 unspecified atom stereocenters. The lowest BCUT2D eigenvalue weighted by atomic mass is 10.1. The zero-order chi connectivity index (χ0) is 17.3. The first-order valence-electron chi connectivity index (χ1n) is 7.51. The molecule has 1 aromatic carbocycles. The first-order chi connectivity index (χ1) is 11.4. The summed E-state index contributed by atoms with van der Waals surface area (Å²) in [6.07, 6.45) is 1.34. The molecule has 128 valence electrons. The van der Waals surface area contributed by atoms with Crippen LogP contribution in [0.5, 0.6) is 5.75 Å². The number of carbonyl (C=O) groups excluding carboxylic acids is 1. The van der Waals surface area contributed by atoms with Crippen LogP contribution in [-0.2, 0) is 21.2 Å². The highest BCUT2D eigenvalue weighted by atomic mass is 32.2. The van der Waals surface area contributed by atoms with Gasteiger partial charge in [-0.1, -0.05) is 0 Å². The van der Waals surface area contributed by atoms with Crippen molar-refractivity contribution >= 4 is 21.6 Å². The van der Waals surface area contributed by atoms with Gasteiger partial charge in [0.25, 0.3) is 5.91 Å². The Morgan fingerprint density at radius 3 is 2.83 bits per heavy atom. The van der Waals surface area contributed by atoms with Gasteiger partial charge < -0.3 is 14.5 Å². The van der Waals surface area contributed by atoms with Crippen LogP contribution in [0.4, 0.5) is 5.69 Å². The normalized spacial score (nSPS) is 17.1. The third-order valence-corrected chi connectivity index (χ3v) is 5.34. The Bertz CT molecular complexity index is 859. The first kappa shape index (κ1) is 16.5. The van der Waals surface area contributed by atoms with Gasteiger partial charge in [0, 0.05) is 19.0 Å². The Morgan fingerprint density at radius 1 is 1.33 bits per heavy atom. The van der Waals surface area contributed by atoms with Crippen molar-refractivity contribution in [3.8, 4) is 5.75 Å². The molecule has 0 fully saturated rings. The minimum absolute atomic E-state index is 0.129. The number of amides is 1. The molecule has 1 aliphatic heterocycles. The average Bonchev–Trinajstić information content (AvgIpc) is 3.01. The van der Waals surface area contributed by atoms with E-state index in [1.54, 1.807) is 38.3 Å². The number of furan rings is 1. The van der Waals surface area contributed by atoms with Crippen LogP contribution in [0.1, 0.15) is 18.2 Å². The lowest BCUT2D eigenvalue weighted by molar-refractivity contribution is -0.122. The van der Waals surface area contributed by atoms with Gasteiger partial charge in [-0.05, 0) is 37.6 Å². The summed E-state index contributed by atoms with van der Waals surface area (Å²) in [5.41, 5.74) is 1.00. The number of sulfonamides is 1. The SMILES string of the molecule is Cc1cc2c(cc1S(=O)(=O)NCCc1ccco1)OC(C)C(=O)N2. The molecule has 7 nitrogen and oxygen atoms in total. The van der Waals surface area contributed by atoms with E-state index in [1.165, 1.54) is 6.07 Å². The fourth-order valence-corrected chi connectivity index (χ4v) is 3.74. The molecule has 24 heavy (non-hydrogen) atoms. The molecular formula is C16H18N2O5S. The molecule has 1 aromatic heterocycles. The van der Waals surface area contributed by atoms with Crippen LogP contribution in [0, 0.1) is 6.92 Å². The molecule has 2 heterocycles. The van der Waals surface area contributed by atoms with E-state index in [2.05, 4.69) is 10.0 Å². The molecule has 0 radical (unpaired) electrons. The van der Waals surface area contributed by atoms with E-state index >= 15 is 0 Å². The van der Waals surface area contributed by atoms with Crippen molar-refractivity contribution in [2.24, 2.45) is 0 Å². The summed E-state index contributed by atoms with van der Waals surface area (Å²) in [6, 6.07) is 6.58. The number of hydrogen-bond donors (Lipinski definition) is 2. The van der Waals surface area contributed by atoms with Crippen molar-refractivity contribution in [1.29, 1.82) is 0 Å². The molecule has 1 aliphatic rings. The minimum atomic E-state index is -3.69. The summed E-state index contributed by atoms with van der Waals surface area (Å²) in [4.78, 5) is 11.8. The van der Waals surface area contributed by atoms with Gasteiger partial charge in [-0.25, -0.2) is 13.1 Å². The van der Waals surface area contributed by atoms with Crippen molar-refractivity contribution in [3.05, 3.63) is 41.9 Å². The van der Waals surface area contributed by atoms with Crippen LogP contribution in [0.2, 0.25) is 0 Å². The van der Waals surface area contributed by atoms with Crippen molar-refractivity contribution in [2.45, 2.75) is 31.3 Å². The quantitative estimate of drug-likeness (QED) is 0.857. The van der Waals surface area contributed by atoms with Gasteiger partial charge in [-0.3, -0.25) is 4.79 Å². The second-order valence-electron chi connectivity index (χ2n) is 5.59. The highest BCUT2D eigenvalue weighted by Gasteiger charge is 2.27. The molecule has 0 saturated carbocycles. The molecule has 1 amide bonds. The third-order valence-electron chi connectivity index (χ3n) is 3.74. The van der Waals surface area contributed by atoms with E-state index in [0.29, 0.717) is 29.2 Å². The van der Waals surface area contributed by atoms with E-state index in [-0.39, 0.29) is 17.3 Å². The fourth-order valence-electron chi connectivity index (χ4n) is 2.47. The van der Waals surface area contributed by atoms with Crippen molar-refractivity contribution in [2.75, 3.05) is 11.9 Å². The molecule has 0 spiro atoms. The highest BCUT2D eigenvalue weighted by Crippen LogP contribution is 2.34. The van der Waals surface area contributed by atoms with Gasteiger partial charge in [0.05, 0.1) is 16.8 Å². The molecule has 3 rings (SSSR count). The summed E-state index contributed by atoms with van der Waals surface area (Å²) < 4.78 is 38.3. The van der Waals surface area contributed by atoms with Crippen molar-refractivity contribution in [1.82, 2.24) is 4.72 Å². The number of fused-ring (bicyclic) bond motifs is 1. The minimum Gasteiger partial charge on any atom is -0.479 e. The van der Waals surface area contributed by atoms with Crippen molar-refractivity contribution in [3.63, 3.8) is 0 Å². The standard InChI is InChI=1S/C16H18N2O5S/c1-10-8-13-14(23-11(2)16(19)18-13)9-15(10)24(20,21)17-6-5-12-4-3-7-22-12/h3-4,7-9,11,17H,5-6H2,1-2H3,(H,18,19). The van der Waals surface area contributed by atoms with Gasteiger partial charge >= 0.3 is 0 Å². The topological polar surface area (TPSA) is 97.6 Å². The lowest BCUT2D eigenvalue weighted by Crippen LogP contribution is -2.34. The number of nitrogens with one attached hydrogen (secondary N) is 2. The van der Waals surface area contributed by atoms with Crippen LogP contribution >= 0.6 is 0 Å².